The average molecular weight is 538 g/mol. The van der Waals surface area contributed by atoms with E-state index in [0.717, 1.165) is 44.3 Å². The maximum absolute atomic E-state index is 11.6. The van der Waals surface area contributed by atoms with Crippen LogP contribution in [0.4, 0.5) is 11.6 Å². The van der Waals surface area contributed by atoms with Crippen molar-refractivity contribution in [1.29, 1.82) is 0 Å². The number of anilines is 2. The van der Waals surface area contributed by atoms with Crippen LogP contribution in [0.1, 0.15) is 12.6 Å². The van der Waals surface area contributed by atoms with Crippen LogP contribution in [0.3, 0.4) is 0 Å². The van der Waals surface area contributed by atoms with Gasteiger partial charge in [0.2, 0.25) is 11.8 Å². The van der Waals surface area contributed by atoms with E-state index < -0.39 is 5.69 Å². The first kappa shape index (κ1) is 26.3. The lowest BCUT2D eigenvalue weighted by atomic mass is 10.3. The maximum Gasteiger partial charge on any atom is 0.326 e. The summed E-state index contributed by atoms with van der Waals surface area (Å²) in [6.45, 7) is 8.06. The quantitative estimate of drug-likeness (QED) is 0.188. The van der Waals surface area contributed by atoms with E-state index in [0.29, 0.717) is 48.8 Å². The molecule has 39 heavy (non-hydrogen) atoms. The molecule has 0 saturated carbocycles. The number of nitrogens with one attached hydrogen (secondary N) is 3. The Morgan fingerprint density at radius 2 is 2.10 bits per heavy atom. The number of H-pyrrole nitrogens is 2. The lowest BCUT2D eigenvalue weighted by Gasteiger charge is -2.26. The second-order valence-corrected chi connectivity index (χ2v) is 8.70. The molecule has 1 fully saturated rings. The molecule has 5 rings (SSSR count). The average Bonchev–Trinajstić information content (AvgIpc) is 3.49. The van der Waals surface area contributed by atoms with Crippen molar-refractivity contribution < 1.29 is 19.3 Å². The predicted molar refractivity (Wildman–Crippen MR) is 142 cm³/mol. The van der Waals surface area contributed by atoms with Crippen LogP contribution in [0.15, 0.2) is 40.2 Å². The highest BCUT2D eigenvalue weighted by Gasteiger charge is 2.11. The zero-order chi connectivity index (χ0) is 27.0. The van der Waals surface area contributed by atoms with Crippen LogP contribution in [0.25, 0.3) is 11.7 Å². The summed E-state index contributed by atoms with van der Waals surface area (Å²) in [5.41, 5.74) is 1.18. The molecule has 1 aliphatic rings. The molecule has 3 aromatic heterocycles. The number of imidazole rings is 1. The number of morpholine rings is 1. The Balaban J connectivity index is 1.41. The van der Waals surface area contributed by atoms with Gasteiger partial charge in [0.15, 0.2) is 5.65 Å². The van der Waals surface area contributed by atoms with Gasteiger partial charge in [-0.3, -0.25) is 9.88 Å². The molecule has 0 atom stereocenters. The summed E-state index contributed by atoms with van der Waals surface area (Å²) >= 11 is 0. The standard InChI is InChI=1S/C25H31N9O5/c1-2-37-10-6-26-24-32-23(30-21-17(16-27-34(21)24)14-20-22(35)31-25(36)29-20)28-18-4-3-5-19(15-18)39-13-9-33-7-11-38-12-8-33/h3-5,14-16,35H,2,6-13H2,1H3,(H,26,28,32)(H2,29,31,36)/b17-14+. The highest BCUT2D eigenvalue weighted by molar-refractivity contribution is 5.60. The third-order valence-corrected chi connectivity index (χ3v) is 5.98. The number of aromatic nitrogens is 6. The molecule has 14 heteroatoms. The van der Waals surface area contributed by atoms with Crippen molar-refractivity contribution in [2.75, 3.05) is 64.5 Å². The van der Waals surface area contributed by atoms with Crippen molar-refractivity contribution in [3.05, 3.63) is 57.5 Å². The fourth-order valence-corrected chi connectivity index (χ4v) is 4.05. The normalized spacial score (nSPS) is 15.3. The molecular weight excluding hydrogens is 506 g/mol. The highest BCUT2D eigenvalue weighted by Crippen LogP contribution is 2.19. The van der Waals surface area contributed by atoms with Gasteiger partial charge in [-0.25, -0.2) is 9.79 Å². The molecule has 0 bridgehead atoms. The van der Waals surface area contributed by atoms with Crippen LogP contribution in [-0.2, 0) is 9.47 Å². The highest BCUT2D eigenvalue weighted by atomic mass is 16.5. The van der Waals surface area contributed by atoms with Gasteiger partial charge in [-0.2, -0.15) is 19.6 Å². The Kier molecular flexibility index (Phi) is 8.45. The van der Waals surface area contributed by atoms with Gasteiger partial charge >= 0.3 is 5.69 Å². The number of aromatic amines is 2. The summed E-state index contributed by atoms with van der Waals surface area (Å²) in [4.78, 5) is 32.4. The van der Waals surface area contributed by atoms with E-state index in [2.05, 4.69) is 40.2 Å². The van der Waals surface area contributed by atoms with Gasteiger partial charge in [0.25, 0.3) is 5.62 Å². The lowest BCUT2D eigenvalue weighted by Crippen LogP contribution is -2.38. The molecule has 4 N–H and O–H groups in total. The molecule has 4 aromatic rings. The number of fused-ring (bicyclic) bond motifs is 1. The third-order valence-electron chi connectivity index (χ3n) is 5.98. The lowest BCUT2D eigenvalue weighted by molar-refractivity contribution is 0.0322. The van der Waals surface area contributed by atoms with E-state index in [9.17, 15) is 9.90 Å². The number of ether oxygens (including phenoxy) is 3. The van der Waals surface area contributed by atoms with Crippen LogP contribution < -0.4 is 26.6 Å². The first-order valence-electron chi connectivity index (χ1n) is 12.8. The molecule has 1 saturated heterocycles. The van der Waals surface area contributed by atoms with Crippen LogP contribution in [0, 0.1) is 0 Å². The van der Waals surface area contributed by atoms with Gasteiger partial charge < -0.3 is 29.6 Å². The Morgan fingerprint density at radius 1 is 1.23 bits per heavy atom. The van der Waals surface area contributed by atoms with Crippen LogP contribution in [-0.4, -0.2) is 98.8 Å². The van der Waals surface area contributed by atoms with Gasteiger partial charge in [0.05, 0.1) is 32.6 Å². The van der Waals surface area contributed by atoms with E-state index in [4.69, 9.17) is 14.2 Å². The number of aromatic hydroxyl groups is 1. The van der Waals surface area contributed by atoms with E-state index in [1.54, 1.807) is 12.3 Å². The molecule has 0 amide bonds. The first-order valence-corrected chi connectivity index (χ1v) is 12.8. The largest absolute Gasteiger partial charge is 0.493 e. The summed E-state index contributed by atoms with van der Waals surface area (Å²) in [5.74, 6) is 0.741. The Morgan fingerprint density at radius 3 is 2.90 bits per heavy atom. The van der Waals surface area contributed by atoms with Gasteiger partial charge in [-0.1, -0.05) is 6.07 Å². The van der Waals surface area contributed by atoms with Gasteiger partial charge in [0, 0.05) is 43.2 Å². The molecular formula is C25H31N9O5. The summed E-state index contributed by atoms with van der Waals surface area (Å²) in [6, 6.07) is 7.56. The number of hydrogen-bond acceptors (Lipinski definition) is 11. The smallest absolute Gasteiger partial charge is 0.326 e. The van der Waals surface area contributed by atoms with Gasteiger partial charge in [0.1, 0.15) is 18.1 Å². The minimum atomic E-state index is -0.522. The number of rotatable bonds is 11. The molecule has 0 spiro atoms. The number of benzene rings is 1. The monoisotopic (exact) mass is 537 g/mol. The summed E-state index contributed by atoms with van der Waals surface area (Å²) < 4.78 is 18.3. The number of nitrogens with zero attached hydrogens (tertiary/aromatic N) is 6. The molecule has 0 aliphatic carbocycles. The Hall–Kier alpha value is -4.27. The van der Waals surface area contributed by atoms with Crippen LogP contribution in [0.2, 0.25) is 0 Å². The third kappa shape index (κ3) is 6.79. The topological polar surface area (TPSA) is 167 Å². The zero-order valence-electron chi connectivity index (χ0n) is 21.6. The summed E-state index contributed by atoms with van der Waals surface area (Å²) in [6.07, 6.45) is 3.13. The minimum Gasteiger partial charge on any atom is -0.493 e. The summed E-state index contributed by atoms with van der Waals surface area (Å²) in [5, 5.41) is 18.1. The van der Waals surface area contributed by atoms with Crippen molar-refractivity contribution >= 4 is 23.4 Å². The molecule has 14 nitrogen and oxygen atoms in total. The zero-order valence-corrected chi connectivity index (χ0v) is 21.6. The maximum atomic E-state index is 11.6. The molecule has 1 aliphatic heterocycles. The van der Waals surface area contributed by atoms with Crippen LogP contribution in [0.5, 0.6) is 11.6 Å². The number of hydrogen-bond donors (Lipinski definition) is 4. The van der Waals surface area contributed by atoms with E-state index in [1.165, 1.54) is 4.52 Å². The second kappa shape index (κ2) is 12.5. The fraction of sp³-hybridized carbons (Fsp3) is 0.400. The summed E-state index contributed by atoms with van der Waals surface area (Å²) in [7, 11) is 0. The molecule has 1 aromatic carbocycles. The first-order chi connectivity index (χ1) is 19.1. The van der Waals surface area contributed by atoms with Gasteiger partial charge in [-0.15, -0.1) is 0 Å². The van der Waals surface area contributed by atoms with Crippen molar-refractivity contribution in [1.82, 2.24) is 34.4 Å². The van der Waals surface area contributed by atoms with Crippen LogP contribution >= 0.6 is 0 Å². The molecule has 0 radical (unpaired) electrons. The fourth-order valence-electron chi connectivity index (χ4n) is 4.05. The minimum absolute atomic E-state index is 0.208. The molecule has 0 unspecified atom stereocenters. The predicted octanol–water partition coefficient (Wildman–Crippen LogP) is -0.214. The second-order valence-electron chi connectivity index (χ2n) is 8.70. The molecule has 206 valence electrons. The van der Waals surface area contributed by atoms with E-state index in [-0.39, 0.29) is 11.6 Å². The molecule has 4 heterocycles. The van der Waals surface area contributed by atoms with Crippen molar-refractivity contribution in [2.45, 2.75) is 6.92 Å². The van der Waals surface area contributed by atoms with Gasteiger partial charge in [-0.05, 0) is 25.1 Å². The van der Waals surface area contributed by atoms with Crippen molar-refractivity contribution in [2.24, 2.45) is 4.99 Å². The SMILES string of the molecule is CCOCCN=c1nc(Nc2cccc(OCCN3CCOCC3)c2)nc2/c(=C/c3[nH]c(=O)[nH]c3O)cnn12. The Labute approximate surface area is 223 Å². The van der Waals surface area contributed by atoms with E-state index >= 15 is 0 Å². The van der Waals surface area contributed by atoms with E-state index in [1.807, 2.05) is 31.2 Å². The van der Waals surface area contributed by atoms with Crippen molar-refractivity contribution in [3.8, 4) is 11.6 Å². The van der Waals surface area contributed by atoms with Crippen molar-refractivity contribution in [3.63, 3.8) is 0 Å². The Bertz CT molecular complexity index is 1570.